The summed E-state index contributed by atoms with van der Waals surface area (Å²) in [5.74, 6) is 0. The van der Waals surface area contributed by atoms with Gasteiger partial charge in [0.2, 0.25) is 0 Å². The van der Waals surface area contributed by atoms with E-state index in [4.69, 9.17) is 0 Å². The maximum absolute atomic E-state index is 9.28. The van der Waals surface area contributed by atoms with Crippen molar-refractivity contribution < 1.29 is 32.3 Å². The van der Waals surface area contributed by atoms with Crippen LogP contribution in [0.2, 0.25) is 0 Å². The van der Waals surface area contributed by atoms with Gasteiger partial charge in [0.25, 0.3) is 0 Å². The number of rotatable bonds is 13. The van der Waals surface area contributed by atoms with E-state index in [1.165, 1.54) is 86.0 Å². The Morgan fingerprint density at radius 1 is 0.485 bits per heavy atom. The number of alkyl halides is 3. The van der Waals surface area contributed by atoms with Crippen LogP contribution in [0.15, 0.2) is 0 Å². The quantitative estimate of drug-likeness (QED) is 0.0942. The molecule has 0 N–H and O–H groups in total. The molecule has 0 saturated heterocycles. The first-order chi connectivity index (χ1) is 15.3. The topological polar surface area (TPSA) is 78.4 Å². The van der Waals surface area contributed by atoms with E-state index in [-0.39, 0.29) is 0 Å². The number of nitrogens with zero attached hydrogens (tertiary/aromatic N) is 3. The highest BCUT2D eigenvalue weighted by Crippen LogP contribution is 2.09. The normalized spacial score (nSPS) is 12.0. The highest BCUT2D eigenvalue weighted by atomic mass is 127. The van der Waals surface area contributed by atoms with E-state index in [1.54, 1.807) is 0 Å². The van der Waals surface area contributed by atoms with E-state index in [1.807, 2.05) is 0 Å². The van der Waals surface area contributed by atoms with Crippen molar-refractivity contribution in [3.05, 3.63) is 0 Å². The van der Waals surface area contributed by atoms with Gasteiger partial charge in [-0.3, -0.25) is 0 Å². The first kappa shape index (κ1) is 42.2. The Hall–Kier alpha value is 2.13. The molecule has 11 heteroatoms. The van der Waals surface area contributed by atoms with Crippen LogP contribution in [-0.2, 0) is 4.43 Å². The van der Waals surface area contributed by atoms with Crippen molar-refractivity contribution in [2.75, 3.05) is 79.7 Å². The first-order valence-corrected chi connectivity index (χ1v) is 18.4. The maximum atomic E-state index is 9.28. The Balaban J connectivity index is -0.000000172. The average molecular weight is 833 g/mol. The van der Waals surface area contributed by atoms with Gasteiger partial charge in [-0.15, -0.1) is 9.05 Å². The summed E-state index contributed by atoms with van der Waals surface area (Å²) in [5.41, 5.74) is 0. The Morgan fingerprint density at radius 3 is 0.606 bits per heavy atom. The Kier molecular flexibility index (Phi) is 31.3. The molecule has 0 aromatic rings. The van der Waals surface area contributed by atoms with E-state index in [0.717, 1.165) is 7.11 Å². The molecule has 0 aromatic heterocycles. The van der Waals surface area contributed by atoms with Gasteiger partial charge in [-0.05, 0) is 130 Å². The summed E-state index contributed by atoms with van der Waals surface area (Å²) in [6, 6.07) is 0. The lowest BCUT2D eigenvalue weighted by molar-refractivity contribution is -0.908. The molecule has 0 amide bonds. The van der Waals surface area contributed by atoms with Crippen LogP contribution in [0.25, 0.3) is 0 Å². The fourth-order valence-corrected chi connectivity index (χ4v) is 7.11. The smallest absolute Gasteiger partial charge is 0.129 e. The molecular formula is C22H54I3N3O4Si. The van der Waals surface area contributed by atoms with Crippen molar-refractivity contribution in [2.24, 2.45) is 0 Å². The molecule has 7 nitrogen and oxygen atoms in total. The van der Waals surface area contributed by atoms with Crippen LogP contribution in [0, 0.1) is 0 Å². The second-order valence-electron chi connectivity index (χ2n) is 7.93. The Labute approximate surface area is 248 Å². The second-order valence-corrected chi connectivity index (χ2v) is 11.4. The number of hydrogen-bond donors (Lipinski definition) is 0. The SMILES string of the molecule is CC[N+](CC)(CC)CI.CC[N+](CC)(CC)CI.CC[N+](CC)(CC)CI.CO[Si]([O-])([O-])[O-]. The Morgan fingerprint density at radius 2 is 0.606 bits per heavy atom. The van der Waals surface area contributed by atoms with E-state index in [2.05, 4.69) is 135 Å². The molecule has 0 rings (SSSR count). The van der Waals surface area contributed by atoms with Gasteiger partial charge in [0.15, 0.2) is 0 Å². The lowest BCUT2D eigenvalue weighted by Gasteiger charge is -2.52. The molecule has 0 aromatic carbocycles. The van der Waals surface area contributed by atoms with Crippen LogP contribution in [0.1, 0.15) is 62.3 Å². The second kappa shape index (κ2) is 24.5. The summed E-state index contributed by atoms with van der Waals surface area (Å²) in [5, 5.41) is 0. The molecule has 0 radical (unpaired) electrons. The summed E-state index contributed by atoms with van der Waals surface area (Å²) < 4.78 is 11.0. The van der Waals surface area contributed by atoms with Gasteiger partial charge in [-0.2, -0.15) is 0 Å². The third-order valence-corrected chi connectivity index (χ3v) is 11.9. The third-order valence-electron chi connectivity index (χ3n) is 7.05. The van der Waals surface area contributed by atoms with E-state index < -0.39 is 9.05 Å². The first-order valence-electron chi connectivity index (χ1n) is 12.2. The molecule has 0 heterocycles. The molecule has 0 bridgehead atoms. The van der Waals surface area contributed by atoms with Crippen LogP contribution < -0.4 is 14.4 Å². The highest BCUT2D eigenvalue weighted by Gasteiger charge is 2.18. The van der Waals surface area contributed by atoms with Gasteiger partial charge in [-0.25, -0.2) is 0 Å². The van der Waals surface area contributed by atoms with E-state index >= 15 is 0 Å². The molecule has 206 valence electrons. The minimum atomic E-state index is -4.88. The zero-order valence-corrected chi connectivity index (χ0v) is 30.6. The van der Waals surface area contributed by atoms with Gasteiger partial charge in [0.1, 0.15) is 13.7 Å². The van der Waals surface area contributed by atoms with Gasteiger partial charge in [-0.1, -0.05) is 0 Å². The van der Waals surface area contributed by atoms with Gasteiger partial charge in [0.05, 0.1) is 58.9 Å². The molecule has 0 aliphatic carbocycles. The van der Waals surface area contributed by atoms with Crippen LogP contribution in [0.5, 0.6) is 0 Å². The zero-order chi connectivity index (χ0) is 27.2. The van der Waals surface area contributed by atoms with E-state index in [0.29, 0.717) is 0 Å². The molecule has 0 aliphatic heterocycles. The lowest BCUT2D eigenvalue weighted by Crippen LogP contribution is -2.74. The van der Waals surface area contributed by atoms with Crippen molar-refractivity contribution >= 4 is 76.8 Å². The highest BCUT2D eigenvalue weighted by molar-refractivity contribution is 14.1. The van der Waals surface area contributed by atoms with Crippen molar-refractivity contribution in [1.82, 2.24) is 0 Å². The van der Waals surface area contributed by atoms with Gasteiger partial charge < -0.3 is 32.3 Å². The van der Waals surface area contributed by atoms with Gasteiger partial charge >= 0.3 is 0 Å². The monoisotopic (exact) mass is 833 g/mol. The summed E-state index contributed by atoms with van der Waals surface area (Å²) in [6.45, 7) is 31.9. The molecule has 0 spiro atoms. The standard InChI is InChI=1S/3C7H17IN.CH3O4Si/c3*1-4-9(5-2,6-3)7-8;1-5-6(2,3)4/h3*4-7H2,1-3H3;1H3/q3*+1;-3. The van der Waals surface area contributed by atoms with Crippen LogP contribution >= 0.6 is 67.8 Å². The van der Waals surface area contributed by atoms with Gasteiger partial charge in [0, 0.05) is 7.11 Å². The molecule has 0 fully saturated rings. The zero-order valence-electron chi connectivity index (χ0n) is 23.1. The van der Waals surface area contributed by atoms with Crippen LogP contribution in [-0.4, -0.2) is 102 Å². The molecular weight excluding hydrogens is 779 g/mol. The maximum Gasteiger partial charge on any atom is 0.129 e. The fourth-order valence-electron chi connectivity index (χ4n) is 2.77. The molecule has 0 atom stereocenters. The molecule has 0 saturated carbocycles. The minimum Gasteiger partial charge on any atom is -0.861 e. The summed E-state index contributed by atoms with van der Waals surface area (Å²) in [4.78, 5) is 27.8. The summed E-state index contributed by atoms with van der Waals surface area (Å²) in [6.07, 6.45) is 0. The number of quaternary nitrogens is 3. The average Bonchev–Trinajstić information content (AvgIpc) is 2.85. The van der Waals surface area contributed by atoms with Crippen LogP contribution in [0.3, 0.4) is 0 Å². The number of halogens is 3. The predicted octanol–water partition coefficient (Wildman–Crippen LogP) is 2.92. The molecule has 0 unspecified atom stereocenters. The fraction of sp³-hybridized carbons (Fsp3) is 1.00. The lowest BCUT2D eigenvalue weighted by atomic mass is 10.4. The largest absolute Gasteiger partial charge is 0.861 e. The summed E-state index contributed by atoms with van der Waals surface area (Å²) in [7, 11) is -4.05. The Bertz CT molecular complexity index is 309. The number of hydrogen-bond acceptors (Lipinski definition) is 4. The third kappa shape index (κ3) is 20.8. The van der Waals surface area contributed by atoms with Crippen molar-refractivity contribution in [2.45, 2.75) is 62.3 Å². The molecule has 33 heavy (non-hydrogen) atoms. The van der Waals surface area contributed by atoms with Crippen molar-refractivity contribution in [1.29, 1.82) is 0 Å². The van der Waals surface area contributed by atoms with E-state index in [9.17, 15) is 14.4 Å². The van der Waals surface area contributed by atoms with Crippen LogP contribution in [0.4, 0.5) is 0 Å². The molecule has 0 aliphatic rings. The van der Waals surface area contributed by atoms with Crippen molar-refractivity contribution in [3.63, 3.8) is 0 Å². The minimum absolute atomic E-state index is 0.833. The van der Waals surface area contributed by atoms with Crippen molar-refractivity contribution in [3.8, 4) is 0 Å². The summed E-state index contributed by atoms with van der Waals surface area (Å²) >= 11 is 7.42. The predicted molar refractivity (Wildman–Crippen MR) is 165 cm³/mol.